The molecule has 1 heterocycles. The van der Waals surface area contributed by atoms with Crippen molar-refractivity contribution in [2.45, 2.75) is 30.2 Å². The summed E-state index contributed by atoms with van der Waals surface area (Å²) in [6.45, 7) is 0.103. The lowest BCUT2D eigenvalue weighted by molar-refractivity contribution is 0.549. The van der Waals surface area contributed by atoms with Crippen LogP contribution in [0.1, 0.15) is 24.5 Å². The van der Waals surface area contributed by atoms with Gasteiger partial charge in [0, 0.05) is 25.1 Å². The van der Waals surface area contributed by atoms with Crippen molar-refractivity contribution < 1.29 is 12.8 Å². The first-order valence-electron chi connectivity index (χ1n) is 7.28. The van der Waals surface area contributed by atoms with Crippen LogP contribution in [-0.4, -0.2) is 24.5 Å². The molecule has 1 fully saturated rings. The van der Waals surface area contributed by atoms with Crippen molar-refractivity contribution in [1.29, 1.82) is 0 Å². The van der Waals surface area contributed by atoms with Crippen LogP contribution in [0.4, 0.5) is 4.39 Å². The molecule has 0 atom stereocenters. The van der Waals surface area contributed by atoms with Crippen LogP contribution >= 0.6 is 0 Å². The molecule has 122 valence electrons. The SMILES string of the molecule is O=c1cc(C2CC2)ncn1CCNS(=O)(=O)c1ccccc1F. The maximum absolute atomic E-state index is 13.5. The normalized spacial score (nSPS) is 14.8. The number of hydrogen-bond acceptors (Lipinski definition) is 4. The predicted octanol–water partition coefficient (Wildman–Crippen LogP) is 1.24. The van der Waals surface area contributed by atoms with E-state index < -0.39 is 20.7 Å². The lowest BCUT2D eigenvalue weighted by atomic mass is 10.3. The first kappa shape index (κ1) is 15.8. The molecule has 6 nitrogen and oxygen atoms in total. The summed E-state index contributed by atoms with van der Waals surface area (Å²) in [6.07, 6.45) is 3.53. The standard InChI is InChI=1S/C15H16FN3O3S/c16-12-3-1-2-4-14(12)23(21,22)18-7-8-19-10-17-13(9-15(19)20)11-5-6-11/h1-4,9-11,18H,5-8H2. The molecule has 1 aliphatic rings. The summed E-state index contributed by atoms with van der Waals surface area (Å²) in [7, 11) is -3.95. The number of halogens is 1. The number of nitrogens with zero attached hydrogens (tertiary/aromatic N) is 2. The Balaban J connectivity index is 1.65. The van der Waals surface area contributed by atoms with Crippen LogP contribution in [-0.2, 0) is 16.6 Å². The van der Waals surface area contributed by atoms with Crippen molar-refractivity contribution in [2.75, 3.05) is 6.54 Å². The van der Waals surface area contributed by atoms with Gasteiger partial charge in [0.15, 0.2) is 0 Å². The molecular weight excluding hydrogens is 321 g/mol. The lowest BCUT2D eigenvalue weighted by Crippen LogP contribution is -2.31. The molecule has 0 unspecified atom stereocenters. The Morgan fingerprint density at radius 1 is 1.30 bits per heavy atom. The van der Waals surface area contributed by atoms with Gasteiger partial charge in [0.2, 0.25) is 10.0 Å². The van der Waals surface area contributed by atoms with Gasteiger partial charge in [-0.2, -0.15) is 0 Å². The van der Waals surface area contributed by atoms with Crippen LogP contribution in [0.2, 0.25) is 0 Å². The summed E-state index contributed by atoms with van der Waals surface area (Å²) >= 11 is 0. The van der Waals surface area contributed by atoms with Crippen molar-refractivity contribution in [2.24, 2.45) is 0 Å². The van der Waals surface area contributed by atoms with Crippen molar-refractivity contribution in [3.63, 3.8) is 0 Å². The number of nitrogens with one attached hydrogen (secondary N) is 1. The summed E-state index contributed by atoms with van der Waals surface area (Å²) in [4.78, 5) is 15.7. The molecule has 1 saturated carbocycles. The molecule has 23 heavy (non-hydrogen) atoms. The van der Waals surface area contributed by atoms with Gasteiger partial charge in [-0.3, -0.25) is 9.36 Å². The second kappa shape index (κ2) is 6.21. The fourth-order valence-electron chi connectivity index (χ4n) is 2.25. The Labute approximate surface area is 133 Å². The molecule has 2 aromatic rings. The van der Waals surface area contributed by atoms with E-state index in [-0.39, 0.29) is 18.6 Å². The number of hydrogen-bond donors (Lipinski definition) is 1. The average molecular weight is 337 g/mol. The zero-order chi connectivity index (χ0) is 16.4. The van der Waals surface area contributed by atoms with Crippen LogP contribution in [0.5, 0.6) is 0 Å². The van der Waals surface area contributed by atoms with Gasteiger partial charge in [-0.25, -0.2) is 22.5 Å². The molecule has 1 aromatic carbocycles. The molecule has 0 saturated heterocycles. The highest BCUT2D eigenvalue weighted by Crippen LogP contribution is 2.38. The molecule has 8 heteroatoms. The molecule has 0 radical (unpaired) electrons. The van der Waals surface area contributed by atoms with E-state index in [1.807, 2.05) is 0 Å². The van der Waals surface area contributed by atoms with Crippen molar-refractivity contribution in [3.8, 4) is 0 Å². The Bertz CT molecular complexity index is 876. The van der Waals surface area contributed by atoms with Crippen LogP contribution in [0, 0.1) is 5.82 Å². The van der Waals surface area contributed by atoms with E-state index in [4.69, 9.17) is 0 Å². The molecule has 0 bridgehead atoms. The van der Waals surface area contributed by atoms with Gasteiger partial charge in [-0.1, -0.05) is 12.1 Å². The highest BCUT2D eigenvalue weighted by atomic mass is 32.2. The van der Waals surface area contributed by atoms with Crippen molar-refractivity contribution in [1.82, 2.24) is 14.3 Å². The van der Waals surface area contributed by atoms with E-state index in [2.05, 4.69) is 9.71 Å². The van der Waals surface area contributed by atoms with Crippen LogP contribution in [0.3, 0.4) is 0 Å². The van der Waals surface area contributed by atoms with Gasteiger partial charge >= 0.3 is 0 Å². The molecule has 1 aromatic heterocycles. The Morgan fingerprint density at radius 2 is 2.04 bits per heavy atom. The zero-order valence-corrected chi connectivity index (χ0v) is 13.1. The smallest absolute Gasteiger partial charge is 0.253 e. The fraction of sp³-hybridized carbons (Fsp3) is 0.333. The van der Waals surface area contributed by atoms with Gasteiger partial charge in [0.25, 0.3) is 5.56 Å². The molecule has 0 amide bonds. The Hall–Kier alpha value is -2.06. The molecule has 1 aliphatic carbocycles. The maximum Gasteiger partial charge on any atom is 0.253 e. The topological polar surface area (TPSA) is 81.1 Å². The summed E-state index contributed by atoms with van der Waals surface area (Å²) in [5.41, 5.74) is 0.574. The molecule has 0 aliphatic heterocycles. The second-order valence-electron chi connectivity index (χ2n) is 5.45. The number of rotatable bonds is 6. The highest BCUT2D eigenvalue weighted by Gasteiger charge is 2.25. The first-order chi connectivity index (χ1) is 11.0. The largest absolute Gasteiger partial charge is 0.298 e. The number of benzene rings is 1. The highest BCUT2D eigenvalue weighted by molar-refractivity contribution is 7.89. The van der Waals surface area contributed by atoms with Gasteiger partial charge in [0.1, 0.15) is 10.7 Å². The Morgan fingerprint density at radius 3 is 2.70 bits per heavy atom. The van der Waals surface area contributed by atoms with E-state index in [9.17, 15) is 17.6 Å². The first-order valence-corrected chi connectivity index (χ1v) is 8.76. The third-order valence-corrected chi connectivity index (χ3v) is 5.16. The molecule has 3 rings (SSSR count). The summed E-state index contributed by atoms with van der Waals surface area (Å²) in [5, 5.41) is 0. The van der Waals surface area contributed by atoms with Crippen LogP contribution < -0.4 is 10.3 Å². The van der Waals surface area contributed by atoms with Gasteiger partial charge < -0.3 is 0 Å². The molecule has 1 N–H and O–H groups in total. The fourth-order valence-corrected chi connectivity index (χ4v) is 3.35. The zero-order valence-electron chi connectivity index (χ0n) is 12.3. The van der Waals surface area contributed by atoms with E-state index in [0.717, 1.165) is 24.6 Å². The number of sulfonamides is 1. The minimum atomic E-state index is -3.95. The van der Waals surface area contributed by atoms with Gasteiger partial charge in [-0.15, -0.1) is 0 Å². The van der Waals surface area contributed by atoms with E-state index in [1.54, 1.807) is 0 Å². The van der Waals surface area contributed by atoms with Crippen LogP contribution in [0.25, 0.3) is 0 Å². The minimum Gasteiger partial charge on any atom is -0.298 e. The summed E-state index contributed by atoms with van der Waals surface area (Å²) in [5.74, 6) is -0.426. The predicted molar refractivity (Wildman–Crippen MR) is 82.1 cm³/mol. The quantitative estimate of drug-likeness (QED) is 0.860. The molecular formula is C15H16FN3O3S. The number of aromatic nitrogens is 2. The molecule has 0 spiro atoms. The monoisotopic (exact) mass is 337 g/mol. The van der Waals surface area contributed by atoms with E-state index in [1.165, 1.54) is 35.2 Å². The summed E-state index contributed by atoms with van der Waals surface area (Å²) in [6, 6.07) is 6.63. The third kappa shape index (κ3) is 3.65. The summed E-state index contributed by atoms with van der Waals surface area (Å²) < 4.78 is 41.2. The van der Waals surface area contributed by atoms with Crippen molar-refractivity contribution in [3.05, 3.63) is 58.5 Å². The Kier molecular flexibility index (Phi) is 4.27. The lowest BCUT2D eigenvalue weighted by Gasteiger charge is -2.09. The van der Waals surface area contributed by atoms with E-state index >= 15 is 0 Å². The van der Waals surface area contributed by atoms with E-state index in [0.29, 0.717) is 5.92 Å². The minimum absolute atomic E-state index is 0.0268. The van der Waals surface area contributed by atoms with Crippen molar-refractivity contribution >= 4 is 10.0 Å². The van der Waals surface area contributed by atoms with Gasteiger partial charge in [-0.05, 0) is 25.0 Å². The average Bonchev–Trinajstić information content (AvgIpc) is 3.34. The second-order valence-corrected chi connectivity index (χ2v) is 7.18. The van der Waals surface area contributed by atoms with Gasteiger partial charge in [0.05, 0.1) is 12.0 Å². The third-order valence-electron chi connectivity index (χ3n) is 3.67. The van der Waals surface area contributed by atoms with Crippen LogP contribution in [0.15, 0.2) is 46.3 Å². The maximum atomic E-state index is 13.5.